The van der Waals surface area contributed by atoms with E-state index in [1.165, 1.54) is 12.8 Å². The van der Waals surface area contributed by atoms with Crippen LogP contribution < -0.4 is 15.4 Å². The summed E-state index contributed by atoms with van der Waals surface area (Å²) in [5.74, 6) is 0.852. The van der Waals surface area contributed by atoms with Crippen LogP contribution >= 0.6 is 12.4 Å². The van der Waals surface area contributed by atoms with E-state index in [0.29, 0.717) is 18.1 Å². The molecule has 2 aromatic rings. The lowest BCUT2D eigenvalue weighted by Gasteiger charge is -2.30. The normalized spacial score (nSPS) is 25.4. The van der Waals surface area contributed by atoms with Crippen molar-refractivity contribution in [3.05, 3.63) is 42.0 Å². The summed E-state index contributed by atoms with van der Waals surface area (Å²) in [5, 5.41) is 9.17. The summed E-state index contributed by atoms with van der Waals surface area (Å²) in [6.45, 7) is 2.00. The summed E-state index contributed by atoms with van der Waals surface area (Å²) in [5.41, 5.74) is 1.06. The average molecular weight is 375 g/mol. The number of halogens is 1. The molecule has 0 aromatic heterocycles. The largest absolute Gasteiger partial charge is 0.497 e. The first kappa shape index (κ1) is 19.0. The topological polar surface area (TPSA) is 50.4 Å². The molecule has 0 spiro atoms. The van der Waals surface area contributed by atoms with Gasteiger partial charge in [-0.25, -0.2) is 0 Å². The number of methoxy groups -OCH3 is 1. The van der Waals surface area contributed by atoms with Crippen LogP contribution in [0.5, 0.6) is 5.75 Å². The van der Waals surface area contributed by atoms with Crippen molar-refractivity contribution in [1.82, 2.24) is 10.6 Å². The van der Waals surface area contributed by atoms with Crippen LogP contribution in [0.4, 0.5) is 0 Å². The number of fused-ring (bicyclic) bond motifs is 3. The molecule has 5 heteroatoms. The fraction of sp³-hybridized carbons (Fsp3) is 0.476. The van der Waals surface area contributed by atoms with E-state index in [1.807, 2.05) is 25.1 Å². The molecular weight excluding hydrogens is 348 g/mol. The predicted molar refractivity (Wildman–Crippen MR) is 107 cm³/mol. The fourth-order valence-corrected chi connectivity index (χ4v) is 4.29. The van der Waals surface area contributed by atoms with Crippen molar-refractivity contribution in [1.29, 1.82) is 0 Å². The van der Waals surface area contributed by atoms with Gasteiger partial charge in [0.2, 0.25) is 5.91 Å². The molecule has 2 aromatic carbocycles. The average Bonchev–Trinajstić information content (AvgIpc) is 2.98. The number of nitrogens with one attached hydrogen (secondary N) is 2. The minimum atomic E-state index is -0.140. The molecule has 3 atom stereocenters. The molecule has 2 saturated heterocycles. The van der Waals surface area contributed by atoms with Gasteiger partial charge >= 0.3 is 0 Å². The van der Waals surface area contributed by atoms with Crippen molar-refractivity contribution in [2.45, 2.75) is 56.7 Å². The lowest BCUT2D eigenvalue weighted by atomic mass is 9.95. The molecule has 2 fully saturated rings. The lowest BCUT2D eigenvalue weighted by molar-refractivity contribution is -0.123. The van der Waals surface area contributed by atoms with Crippen LogP contribution in [-0.4, -0.2) is 31.1 Å². The minimum absolute atomic E-state index is 0. The number of amides is 1. The Morgan fingerprint density at radius 3 is 2.46 bits per heavy atom. The Balaban J connectivity index is 0.00000196. The third-order valence-corrected chi connectivity index (χ3v) is 5.78. The number of benzene rings is 2. The van der Waals surface area contributed by atoms with Gasteiger partial charge < -0.3 is 15.4 Å². The van der Waals surface area contributed by atoms with E-state index in [9.17, 15) is 4.79 Å². The van der Waals surface area contributed by atoms with E-state index in [-0.39, 0.29) is 24.2 Å². The van der Waals surface area contributed by atoms with Crippen LogP contribution in [-0.2, 0) is 4.79 Å². The molecule has 0 radical (unpaired) electrons. The second-order valence-electron chi connectivity index (χ2n) is 7.51. The van der Waals surface area contributed by atoms with E-state index in [4.69, 9.17) is 4.74 Å². The van der Waals surface area contributed by atoms with Gasteiger partial charge in [0.15, 0.2) is 0 Å². The number of carbonyl (C=O) groups is 1. The molecule has 2 aliphatic rings. The minimum Gasteiger partial charge on any atom is -0.497 e. The van der Waals surface area contributed by atoms with Crippen molar-refractivity contribution in [2.24, 2.45) is 0 Å². The van der Waals surface area contributed by atoms with Crippen LogP contribution in [0.3, 0.4) is 0 Å². The third kappa shape index (κ3) is 3.81. The Labute approximate surface area is 161 Å². The van der Waals surface area contributed by atoms with Crippen LogP contribution in [0.25, 0.3) is 10.8 Å². The zero-order chi connectivity index (χ0) is 17.4. The maximum Gasteiger partial charge on any atom is 0.227 e. The molecule has 26 heavy (non-hydrogen) atoms. The number of carbonyl (C=O) groups excluding carboxylic acids is 1. The second kappa shape index (κ2) is 7.85. The molecule has 3 unspecified atom stereocenters. The molecule has 140 valence electrons. The third-order valence-electron chi connectivity index (χ3n) is 5.78. The van der Waals surface area contributed by atoms with E-state index < -0.39 is 0 Å². The van der Waals surface area contributed by atoms with Crippen molar-refractivity contribution >= 4 is 29.1 Å². The van der Waals surface area contributed by atoms with E-state index >= 15 is 0 Å². The van der Waals surface area contributed by atoms with Crippen LogP contribution in [0.15, 0.2) is 36.4 Å². The first-order valence-corrected chi connectivity index (χ1v) is 9.26. The smallest absolute Gasteiger partial charge is 0.227 e. The van der Waals surface area contributed by atoms with Gasteiger partial charge in [0.05, 0.1) is 13.0 Å². The zero-order valence-electron chi connectivity index (χ0n) is 15.3. The number of rotatable bonds is 4. The van der Waals surface area contributed by atoms with Crippen molar-refractivity contribution < 1.29 is 9.53 Å². The van der Waals surface area contributed by atoms with Gasteiger partial charge in [0, 0.05) is 18.1 Å². The Hall–Kier alpha value is -1.78. The summed E-state index contributed by atoms with van der Waals surface area (Å²) in [6.07, 6.45) is 4.63. The van der Waals surface area contributed by atoms with Crippen LogP contribution in [0.2, 0.25) is 0 Å². The number of hydrogen-bond donors (Lipinski definition) is 2. The summed E-state index contributed by atoms with van der Waals surface area (Å²) < 4.78 is 5.28. The van der Waals surface area contributed by atoms with Gasteiger partial charge in [-0.2, -0.15) is 0 Å². The fourth-order valence-electron chi connectivity index (χ4n) is 4.29. The predicted octanol–water partition coefficient (Wildman–Crippen LogP) is 3.77. The summed E-state index contributed by atoms with van der Waals surface area (Å²) in [4.78, 5) is 12.7. The highest BCUT2D eigenvalue weighted by atomic mass is 35.5. The number of hydrogen-bond acceptors (Lipinski definition) is 3. The second-order valence-corrected chi connectivity index (χ2v) is 7.51. The monoisotopic (exact) mass is 374 g/mol. The Morgan fingerprint density at radius 1 is 1.12 bits per heavy atom. The standard InChI is InChI=1S/C21H26N2O2.ClH/c1-13(21(24)23-19-11-17-6-7-18(12-19)22-17)14-3-4-16-10-20(25-2)8-5-15(16)9-14;/h3-5,8-10,13,17-19,22H,6-7,11-12H2,1-2H3,(H,23,24);1H. The van der Waals surface area contributed by atoms with Crippen molar-refractivity contribution in [2.75, 3.05) is 7.11 Å². The Bertz CT molecular complexity index is 783. The van der Waals surface area contributed by atoms with E-state index in [0.717, 1.165) is 34.9 Å². The summed E-state index contributed by atoms with van der Waals surface area (Å²) >= 11 is 0. The van der Waals surface area contributed by atoms with Gasteiger partial charge in [-0.3, -0.25) is 4.79 Å². The quantitative estimate of drug-likeness (QED) is 0.856. The highest BCUT2D eigenvalue weighted by molar-refractivity contribution is 5.88. The maximum atomic E-state index is 12.7. The zero-order valence-corrected chi connectivity index (χ0v) is 16.1. The van der Waals surface area contributed by atoms with E-state index in [2.05, 4.69) is 28.8 Å². The molecule has 2 aliphatic heterocycles. The van der Waals surface area contributed by atoms with Crippen molar-refractivity contribution in [3.8, 4) is 5.75 Å². The summed E-state index contributed by atoms with van der Waals surface area (Å²) in [6, 6.07) is 13.8. The maximum absolute atomic E-state index is 12.7. The highest BCUT2D eigenvalue weighted by Crippen LogP contribution is 2.28. The Morgan fingerprint density at radius 2 is 1.77 bits per heavy atom. The summed E-state index contributed by atoms with van der Waals surface area (Å²) in [7, 11) is 1.68. The molecule has 1 amide bonds. The molecular formula is C21H27ClN2O2. The molecule has 0 saturated carbocycles. The van der Waals surface area contributed by atoms with Gasteiger partial charge in [-0.1, -0.05) is 24.3 Å². The van der Waals surface area contributed by atoms with E-state index in [1.54, 1.807) is 7.11 Å². The van der Waals surface area contributed by atoms with Gasteiger partial charge in [0.25, 0.3) is 0 Å². The lowest BCUT2D eigenvalue weighted by Crippen LogP contribution is -2.48. The van der Waals surface area contributed by atoms with Gasteiger partial charge in [-0.05, 0) is 61.1 Å². The number of piperidine rings is 1. The molecule has 4 nitrogen and oxygen atoms in total. The molecule has 2 bridgehead atoms. The van der Waals surface area contributed by atoms with Gasteiger partial charge in [-0.15, -0.1) is 12.4 Å². The molecule has 2 N–H and O–H groups in total. The van der Waals surface area contributed by atoms with Gasteiger partial charge in [0.1, 0.15) is 5.75 Å². The Kier molecular flexibility index (Phi) is 5.73. The molecule has 4 rings (SSSR count). The first-order chi connectivity index (χ1) is 12.1. The van der Waals surface area contributed by atoms with Crippen molar-refractivity contribution in [3.63, 3.8) is 0 Å². The molecule has 0 aliphatic carbocycles. The highest BCUT2D eigenvalue weighted by Gasteiger charge is 2.34. The SMILES string of the molecule is COc1ccc2cc(C(C)C(=O)NC3CC4CCC(C3)N4)ccc2c1.Cl. The first-order valence-electron chi connectivity index (χ1n) is 9.26. The molecule has 2 heterocycles. The number of ether oxygens (including phenoxy) is 1. The van der Waals surface area contributed by atoms with Crippen LogP contribution in [0.1, 0.15) is 44.1 Å². The van der Waals surface area contributed by atoms with Crippen LogP contribution in [0, 0.1) is 0 Å².